The maximum absolute atomic E-state index is 5.27. The molecule has 19 heavy (non-hydrogen) atoms. The van der Waals surface area contributed by atoms with Crippen LogP contribution >= 0.6 is 0 Å². The van der Waals surface area contributed by atoms with Gasteiger partial charge in [0.05, 0.1) is 19.9 Å². The normalized spacial score (nSPS) is 10.3. The van der Waals surface area contributed by atoms with Gasteiger partial charge in [-0.15, -0.1) is 0 Å². The second-order valence-electron chi connectivity index (χ2n) is 4.30. The van der Waals surface area contributed by atoms with Crippen LogP contribution in [0.4, 0.5) is 5.95 Å². The summed E-state index contributed by atoms with van der Waals surface area (Å²) >= 11 is 0. The van der Waals surface area contributed by atoms with E-state index in [1.807, 2.05) is 32.2 Å². The first kappa shape index (κ1) is 13.3. The minimum atomic E-state index is 0.734. The van der Waals surface area contributed by atoms with Gasteiger partial charge in [0.25, 0.3) is 0 Å². The zero-order valence-corrected chi connectivity index (χ0v) is 11.7. The summed E-state index contributed by atoms with van der Waals surface area (Å²) in [5.41, 5.74) is 3.18. The smallest absolute Gasteiger partial charge is 0.200 e. The van der Waals surface area contributed by atoms with Gasteiger partial charge >= 0.3 is 0 Å². The molecule has 0 amide bonds. The van der Waals surface area contributed by atoms with E-state index in [1.54, 1.807) is 14.2 Å². The maximum atomic E-state index is 5.27. The first-order valence-electron chi connectivity index (χ1n) is 6.11. The molecule has 0 atom stereocenters. The van der Waals surface area contributed by atoms with Crippen LogP contribution in [0.1, 0.15) is 17.0 Å². The number of methoxy groups -OCH3 is 2. The molecule has 0 spiro atoms. The van der Waals surface area contributed by atoms with Crippen LogP contribution in [0.5, 0.6) is 11.5 Å². The number of rotatable bonds is 5. The predicted octanol–water partition coefficient (Wildman–Crippen LogP) is 2.37. The lowest BCUT2D eigenvalue weighted by atomic mass is 10.1. The fourth-order valence-corrected chi connectivity index (χ4v) is 1.95. The van der Waals surface area contributed by atoms with Gasteiger partial charge in [-0.25, -0.2) is 4.98 Å². The van der Waals surface area contributed by atoms with Crippen LogP contribution in [0.15, 0.2) is 18.2 Å². The molecule has 0 bridgehead atoms. The van der Waals surface area contributed by atoms with Gasteiger partial charge in [-0.2, -0.15) is 0 Å². The summed E-state index contributed by atoms with van der Waals surface area (Å²) in [5, 5.41) is 3.00. The molecule has 1 aromatic carbocycles. The minimum absolute atomic E-state index is 0.734. The maximum Gasteiger partial charge on any atom is 0.200 e. The van der Waals surface area contributed by atoms with Crippen LogP contribution in [-0.2, 0) is 6.42 Å². The first-order chi connectivity index (χ1) is 9.16. The van der Waals surface area contributed by atoms with Crippen molar-refractivity contribution in [2.45, 2.75) is 13.3 Å². The van der Waals surface area contributed by atoms with E-state index < -0.39 is 0 Å². The standard InChI is InChI=1S/C14H19N3O2/c1-9-13(17-14(15-2)16-9)7-10-5-11(18-3)8-12(6-10)19-4/h5-6,8H,7H2,1-4H3,(H2,15,16,17). The number of aromatic amines is 1. The summed E-state index contributed by atoms with van der Waals surface area (Å²) < 4.78 is 10.5. The Bertz CT molecular complexity index is 542. The van der Waals surface area contributed by atoms with Crippen LogP contribution in [0, 0.1) is 6.92 Å². The molecule has 0 saturated carbocycles. The molecule has 2 aromatic rings. The number of hydrogen-bond acceptors (Lipinski definition) is 4. The number of hydrogen-bond donors (Lipinski definition) is 2. The molecule has 5 heteroatoms. The highest BCUT2D eigenvalue weighted by atomic mass is 16.5. The highest BCUT2D eigenvalue weighted by Crippen LogP contribution is 2.24. The summed E-state index contributed by atoms with van der Waals surface area (Å²) in [7, 11) is 5.14. The second kappa shape index (κ2) is 5.65. The van der Waals surface area contributed by atoms with Gasteiger partial charge in [0.2, 0.25) is 0 Å². The van der Waals surface area contributed by atoms with Crippen LogP contribution in [0.3, 0.4) is 0 Å². The molecule has 0 aliphatic rings. The van der Waals surface area contributed by atoms with Crippen molar-refractivity contribution in [1.82, 2.24) is 9.97 Å². The zero-order chi connectivity index (χ0) is 13.8. The molecule has 0 saturated heterocycles. The van der Waals surface area contributed by atoms with Gasteiger partial charge in [-0.3, -0.25) is 0 Å². The van der Waals surface area contributed by atoms with E-state index in [-0.39, 0.29) is 0 Å². The molecule has 102 valence electrons. The second-order valence-corrected chi connectivity index (χ2v) is 4.30. The topological polar surface area (TPSA) is 59.2 Å². The highest BCUT2D eigenvalue weighted by molar-refractivity contribution is 5.41. The van der Waals surface area contributed by atoms with Crippen molar-refractivity contribution < 1.29 is 9.47 Å². The van der Waals surface area contributed by atoms with Crippen molar-refractivity contribution in [2.75, 3.05) is 26.6 Å². The van der Waals surface area contributed by atoms with Gasteiger partial charge in [-0.05, 0) is 24.6 Å². The Morgan fingerprint density at radius 2 is 1.79 bits per heavy atom. The Morgan fingerprint density at radius 1 is 1.16 bits per heavy atom. The van der Waals surface area contributed by atoms with Crippen molar-refractivity contribution in [3.05, 3.63) is 35.2 Å². The van der Waals surface area contributed by atoms with Crippen molar-refractivity contribution in [3.8, 4) is 11.5 Å². The van der Waals surface area contributed by atoms with E-state index >= 15 is 0 Å². The van der Waals surface area contributed by atoms with Crippen molar-refractivity contribution in [3.63, 3.8) is 0 Å². The van der Waals surface area contributed by atoms with Crippen LogP contribution in [0.2, 0.25) is 0 Å². The molecule has 1 heterocycles. The number of nitrogens with zero attached hydrogens (tertiary/aromatic N) is 1. The number of anilines is 1. The quantitative estimate of drug-likeness (QED) is 0.867. The number of benzene rings is 1. The fourth-order valence-electron chi connectivity index (χ4n) is 1.95. The molecular weight excluding hydrogens is 242 g/mol. The fraction of sp³-hybridized carbons (Fsp3) is 0.357. The molecule has 0 radical (unpaired) electrons. The number of imidazole rings is 1. The Labute approximate surface area is 113 Å². The van der Waals surface area contributed by atoms with E-state index in [0.717, 1.165) is 40.8 Å². The van der Waals surface area contributed by atoms with Gasteiger partial charge in [-0.1, -0.05) is 0 Å². The highest BCUT2D eigenvalue weighted by Gasteiger charge is 2.09. The molecule has 1 aromatic heterocycles. The summed E-state index contributed by atoms with van der Waals surface area (Å²) in [6.45, 7) is 2.01. The SMILES string of the molecule is CNc1nc(Cc2cc(OC)cc(OC)c2)c(C)[nH]1. The van der Waals surface area contributed by atoms with Crippen LogP contribution in [-0.4, -0.2) is 31.2 Å². The van der Waals surface area contributed by atoms with E-state index in [4.69, 9.17) is 9.47 Å². The van der Waals surface area contributed by atoms with E-state index in [0.29, 0.717) is 0 Å². The lowest BCUT2D eigenvalue weighted by Gasteiger charge is -2.07. The van der Waals surface area contributed by atoms with Gasteiger partial charge in [0.15, 0.2) is 5.95 Å². The molecule has 0 fully saturated rings. The van der Waals surface area contributed by atoms with Crippen LogP contribution < -0.4 is 14.8 Å². The lowest BCUT2D eigenvalue weighted by molar-refractivity contribution is 0.393. The van der Waals surface area contributed by atoms with E-state index in [2.05, 4.69) is 15.3 Å². The Hall–Kier alpha value is -2.17. The molecule has 0 aliphatic carbocycles. The molecule has 2 N–H and O–H groups in total. The third-order valence-corrected chi connectivity index (χ3v) is 3.01. The average molecular weight is 261 g/mol. The molecule has 0 aliphatic heterocycles. The molecule has 0 unspecified atom stereocenters. The monoisotopic (exact) mass is 261 g/mol. The van der Waals surface area contributed by atoms with Crippen LogP contribution in [0.25, 0.3) is 0 Å². The van der Waals surface area contributed by atoms with Gasteiger partial charge in [0.1, 0.15) is 11.5 Å². The van der Waals surface area contributed by atoms with Gasteiger partial charge in [0, 0.05) is 25.2 Å². The Kier molecular flexibility index (Phi) is 3.94. The Balaban J connectivity index is 2.28. The Morgan fingerprint density at radius 3 is 2.26 bits per heavy atom. The van der Waals surface area contributed by atoms with E-state index in [9.17, 15) is 0 Å². The summed E-state index contributed by atoms with van der Waals surface area (Å²) in [6, 6.07) is 5.85. The molecule has 5 nitrogen and oxygen atoms in total. The number of nitrogens with one attached hydrogen (secondary N) is 2. The third kappa shape index (κ3) is 2.99. The molecular formula is C14H19N3O2. The van der Waals surface area contributed by atoms with Crippen molar-refractivity contribution in [2.24, 2.45) is 0 Å². The summed E-state index contributed by atoms with van der Waals surface area (Å²) in [5.74, 6) is 2.36. The predicted molar refractivity (Wildman–Crippen MR) is 75.2 cm³/mol. The first-order valence-corrected chi connectivity index (χ1v) is 6.11. The minimum Gasteiger partial charge on any atom is -0.497 e. The lowest BCUT2D eigenvalue weighted by Crippen LogP contribution is -1.95. The molecule has 2 rings (SSSR count). The number of H-pyrrole nitrogens is 1. The average Bonchev–Trinajstić information content (AvgIpc) is 2.79. The largest absolute Gasteiger partial charge is 0.497 e. The van der Waals surface area contributed by atoms with Gasteiger partial charge < -0.3 is 19.8 Å². The van der Waals surface area contributed by atoms with Crippen molar-refractivity contribution in [1.29, 1.82) is 0 Å². The summed E-state index contributed by atoms with van der Waals surface area (Å²) in [6.07, 6.45) is 0.734. The van der Waals surface area contributed by atoms with Crippen molar-refractivity contribution >= 4 is 5.95 Å². The number of aryl methyl sites for hydroxylation is 1. The number of aromatic nitrogens is 2. The van der Waals surface area contributed by atoms with E-state index in [1.165, 1.54) is 0 Å². The zero-order valence-electron chi connectivity index (χ0n) is 11.7. The third-order valence-electron chi connectivity index (χ3n) is 3.01. The summed E-state index contributed by atoms with van der Waals surface area (Å²) in [4.78, 5) is 7.67. The number of ether oxygens (including phenoxy) is 2.